The van der Waals surface area contributed by atoms with Crippen molar-refractivity contribution in [3.8, 4) is 11.5 Å². The largest absolute Gasteiger partial charge is 0.493 e. The van der Waals surface area contributed by atoms with Crippen LogP contribution in [0, 0.1) is 5.92 Å². The number of carbonyl (C=O) groups excluding carboxylic acids is 2. The highest BCUT2D eigenvalue weighted by atomic mass is 16.5. The van der Waals surface area contributed by atoms with Crippen LogP contribution in [0.5, 0.6) is 11.5 Å². The highest BCUT2D eigenvalue weighted by molar-refractivity contribution is 5.95. The molecule has 0 radical (unpaired) electrons. The fraction of sp³-hybridized carbons (Fsp3) is 0.529. The molecule has 23 heavy (non-hydrogen) atoms. The van der Waals surface area contributed by atoms with Crippen LogP contribution in [0.2, 0.25) is 0 Å². The topological polar surface area (TPSA) is 65.1 Å². The van der Waals surface area contributed by atoms with Crippen LogP contribution in [0.25, 0.3) is 0 Å². The van der Waals surface area contributed by atoms with Gasteiger partial charge in [-0.05, 0) is 38.0 Å². The molecule has 1 heterocycles. The van der Waals surface area contributed by atoms with Gasteiger partial charge in [-0.1, -0.05) is 0 Å². The van der Waals surface area contributed by atoms with E-state index in [0.717, 1.165) is 0 Å². The lowest BCUT2D eigenvalue weighted by Gasteiger charge is -2.31. The van der Waals surface area contributed by atoms with Gasteiger partial charge in [0.25, 0.3) is 5.91 Å². The lowest BCUT2D eigenvalue weighted by molar-refractivity contribution is -0.149. The summed E-state index contributed by atoms with van der Waals surface area (Å²) in [6.45, 7) is 3.30. The summed E-state index contributed by atoms with van der Waals surface area (Å²) in [6.07, 6.45) is 1.27. The first-order valence-corrected chi connectivity index (χ1v) is 7.78. The van der Waals surface area contributed by atoms with Crippen molar-refractivity contribution >= 4 is 11.9 Å². The Kier molecular flexibility index (Phi) is 5.84. The van der Waals surface area contributed by atoms with E-state index in [2.05, 4.69) is 0 Å². The van der Waals surface area contributed by atoms with Gasteiger partial charge < -0.3 is 19.1 Å². The fourth-order valence-electron chi connectivity index (χ4n) is 2.73. The number of esters is 1. The van der Waals surface area contributed by atoms with Crippen LogP contribution in [0.4, 0.5) is 0 Å². The van der Waals surface area contributed by atoms with Gasteiger partial charge in [-0.3, -0.25) is 9.59 Å². The molecule has 0 saturated carbocycles. The van der Waals surface area contributed by atoms with Crippen molar-refractivity contribution in [1.29, 1.82) is 0 Å². The molecule has 1 aromatic carbocycles. The van der Waals surface area contributed by atoms with Crippen molar-refractivity contribution in [3.63, 3.8) is 0 Å². The molecule has 0 N–H and O–H groups in total. The summed E-state index contributed by atoms with van der Waals surface area (Å²) >= 11 is 0. The van der Waals surface area contributed by atoms with Gasteiger partial charge >= 0.3 is 5.97 Å². The van der Waals surface area contributed by atoms with Crippen molar-refractivity contribution in [1.82, 2.24) is 4.90 Å². The number of methoxy groups -OCH3 is 2. The molecule has 0 spiro atoms. The van der Waals surface area contributed by atoms with Gasteiger partial charge in [0.15, 0.2) is 11.5 Å². The van der Waals surface area contributed by atoms with Crippen LogP contribution in [-0.2, 0) is 9.53 Å². The van der Waals surface area contributed by atoms with E-state index in [-0.39, 0.29) is 17.8 Å². The van der Waals surface area contributed by atoms with Gasteiger partial charge in [0.05, 0.1) is 26.7 Å². The lowest BCUT2D eigenvalue weighted by Crippen LogP contribution is -2.40. The van der Waals surface area contributed by atoms with Crippen LogP contribution in [0.3, 0.4) is 0 Å². The molecule has 1 aromatic rings. The van der Waals surface area contributed by atoms with Gasteiger partial charge in [-0.2, -0.15) is 0 Å². The minimum atomic E-state index is -0.161. The summed E-state index contributed by atoms with van der Waals surface area (Å²) in [6, 6.07) is 5.12. The van der Waals surface area contributed by atoms with E-state index < -0.39 is 0 Å². The van der Waals surface area contributed by atoms with E-state index >= 15 is 0 Å². The third kappa shape index (κ3) is 3.94. The Bertz CT molecular complexity index is 564. The number of piperidine rings is 1. The zero-order valence-electron chi connectivity index (χ0n) is 13.8. The van der Waals surface area contributed by atoms with Crippen LogP contribution in [0.15, 0.2) is 18.2 Å². The molecule has 1 fully saturated rings. The second kappa shape index (κ2) is 7.85. The molecule has 126 valence electrons. The number of nitrogens with zero attached hydrogens (tertiary/aromatic N) is 1. The standard InChI is InChI=1S/C17H23NO5/c1-4-23-17(20)12-7-9-18(10-8-12)16(19)13-5-6-14(21-2)15(11-13)22-3/h5-6,11-12H,4,7-10H2,1-3H3. The van der Waals surface area contributed by atoms with Crippen molar-refractivity contribution < 1.29 is 23.8 Å². The Hall–Kier alpha value is -2.24. The van der Waals surface area contributed by atoms with Crippen LogP contribution in [-0.4, -0.2) is 50.7 Å². The van der Waals surface area contributed by atoms with E-state index in [0.29, 0.717) is 49.6 Å². The molecule has 1 aliphatic rings. The molecule has 2 rings (SSSR count). The summed E-state index contributed by atoms with van der Waals surface area (Å²) in [5.41, 5.74) is 0.553. The summed E-state index contributed by atoms with van der Waals surface area (Å²) < 4.78 is 15.5. The molecule has 1 amide bonds. The SMILES string of the molecule is CCOC(=O)C1CCN(C(=O)c2ccc(OC)c(OC)c2)CC1. The molecule has 0 unspecified atom stereocenters. The number of benzene rings is 1. The average Bonchev–Trinajstić information content (AvgIpc) is 2.60. The quantitative estimate of drug-likeness (QED) is 0.777. The minimum absolute atomic E-state index is 0.0618. The minimum Gasteiger partial charge on any atom is -0.493 e. The van der Waals surface area contributed by atoms with Gasteiger partial charge in [-0.15, -0.1) is 0 Å². The summed E-state index contributed by atoms with van der Waals surface area (Å²) in [5.74, 6) is 0.785. The highest BCUT2D eigenvalue weighted by Gasteiger charge is 2.28. The maximum absolute atomic E-state index is 12.6. The Morgan fingerprint density at radius 1 is 1.13 bits per heavy atom. The Balaban J connectivity index is 2.01. The number of likely N-dealkylation sites (tertiary alicyclic amines) is 1. The lowest BCUT2D eigenvalue weighted by atomic mass is 9.96. The maximum atomic E-state index is 12.6. The maximum Gasteiger partial charge on any atom is 0.309 e. The molecule has 6 heteroatoms. The molecule has 0 aliphatic carbocycles. The first kappa shape index (κ1) is 17.1. The highest BCUT2D eigenvalue weighted by Crippen LogP contribution is 2.29. The van der Waals surface area contributed by atoms with E-state index in [1.165, 1.54) is 7.11 Å². The number of amides is 1. The molecule has 0 aromatic heterocycles. The first-order chi connectivity index (χ1) is 11.1. The zero-order chi connectivity index (χ0) is 16.8. The normalized spacial score (nSPS) is 15.2. The number of rotatable bonds is 5. The summed E-state index contributed by atoms with van der Waals surface area (Å²) in [7, 11) is 3.09. The molecule has 0 bridgehead atoms. The Morgan fingerprint density at radius 2 is 1.78 bits per heavy atom. The summed E-state index contributed by atoms with van der Waals surface area (Å²) in [5, 5.41) is 0. The summed E-state index contributed by atoms with van der Waals surface area (Å²) in [4.78, 5) is 26.1. The second-order valence-electron chi connectivity index (χ2n) is 5.39. The fourth-order valence-corrected chi connectivity index (χ4v) is 2.73. The first-order valence-electron chi connectivity index (χ1n) is 7.78. The van der Waals surface area contributed by atoms with Crippen molar-refractivity contribution in [3.05, 3.63) is 23.8 Å². The second-order valence-corrected chi connectivity index (χ2v) is 5.39. The monoisotopic (exact) mass is 321 g/mol. The van der Waals surface area contributed by atoms with E-state index in [1.807, 2.05) is 0 Å². The Labute approximate surface area is 136 Å². The van der Waals surface area contributed by atoms with Crippen molar-refractivity contribution in [2.45, 2.75) is 19.8 Å². The molecule has 6 nitrogen and oxygen atoms in total. The van der Waals surface area contributed by atoms with Crippen LogP contribution in [0.1, 0.15) is 30.1 Å². The molecule has 1 saturated heterocycles. The predicted octanol–water partition coefficient (Wildman–Crippen LogP) is 2.12. The van der Waals surface area contributed by atoms with Crippen molar-refractivity contribution in [2.75, 3.05) is 33.9 Å². The molecular formula is C17H23NO5. The zero-order valence-corrected chi connectivity index (χ0v) is 13.8. The Morgan fingerprint density at radius 3 is 2.35 bits per heavy atom. The predicted molar refractivity (Wildman–Crippen MR) is 84.8 cm³/mol. The molecule has 0 atom stereocenters. The average molecular weight is 321 g/mol. The van der Waals surface area contributed by atoms with Gasteiger partial charge in [0.1, 0.15) is 0 Å². The number of ether oxygens (including phenoxy) is 3. The van der Waals surface area contributed by atoms with E-state index in [1.54, 1.807) is 37.1 Å². The molecular weight excluding hydrogens is 298 g/mol. The third-order valence-electron chi connectivity index (χ3n) is 4.03. The van der Waals surface area contributed by atoms with Gasteiger partial charge in [0.2, 0.25) is 0 Å². The third-order valence-corrected chi connectivity index (χ3v) is 4.03. The molecule has 1 aliphatic heterocycles. The number of hydrogen-bond acceptors (Lipinski definition) is 5. The van der Waals surface area contributed by atoms with Gasteiger partial charge in [-0.25, -0.2) is 0 Å². The van der Waals surface area contributed by atoms with Crippen molar-refractivity contribution in [2.24, 2.45) is 5.92 Å². The van der Waals surface area contributed by atoms with Gasteiger partial charge in [0, 0.05) is 18.7 Å². The van der Waals surface area contributed by atoms with Crippen LogP contribution >= 0.6 is 0 Å². The number of hydrogen-bond donors (Lipinski definition) is 0. The number of carbonyl (C=O) groups is 2. The van der Waals surface area contributed by atoms with Crippen LogP contribution < -0.4 is 9.47 Å². The van der Waals surface area contributed by atoms with E-state index in [9.17, 15) is 9.59 Å². The smallest absolute Gasteiger partial charge is 0.309 e. The van der Waals surface area contributed by atoms with E-state index in [4.69, 9.17) is 14.2 Å².